The first-order valence-corrected chi connectivity index (χ1v) is 7.34. The summed E-state index contributed by atoms with van der Waals surface area (Å²) in [7, 11) is 0. The molecule has 0 N–H and O–H groups in total. The molecular formula is C14H14Cl2N2O2. The van der Waals surface area contributed by atoms with Crippen molar-refractivity contribution in [3.05, 3.63) is 28.2 Å². The second kappa shape index (κ2) is 4.93. The number of rotatable bonds is 1. The Labute approximate surface area is 127 Å². The van der Waals surface area contributed by atoms with Crippen molar-refractivity contribution in [3.63, 3.8) is 0 Å². The lowest BCUT2D eigenvalue weighted by Gasteiger charge is -2.30. The molecule has 6 heteroatoms. The predicted octanol–water partition coefficient (Wildman–Crippen LogP) is 3.56. The largest absolute Gasteiger partial charge is 0.332 e. The maximum atomic E-state index is 12.5. The smallest absolute Gasteiger partial charge is 0.312 e. The highest BCUT2D eigenvalue weighted by molar-refractivity contribution is 6.42. The van der Waals surface area contributed by atoms with E-state index >= 15 is 0 Å². The van der Waals surface area contributed by atoms with Gasteiger partial charge in [0.15, 0.2) is 0 Å². The molecule has 2 aliphatic heterocycles. The van der Waals surface area contributed by atoms with Crippen LogP contribution in [-0.4, -0.2) is 29.4 Å². The van der Waals surface area contributed by atoms with E-state index < -0.39 is 0 Å². The first-order valence-electron chi connectivity index (χ1n) is 6.58. The van der Waals surface area contributed by atoms with E-state index in [0.717, 1.165) is 12.8 Å². The molecule has 2 atom stereocenters. The maximum absolute atomic E-state index is 12.5. The van der Waals surface area contributed by atoms with E-state index in [1.165, 1.54) is 4.90 Å². The van der Waals surface area contributed by atoms with Gasteiger partial charge >= 0.3 is 6.03 Å². The van der Waals surface area contributed by atoms with E-state index in [4.69, 9.17) is 23.2 Å². The molecule has 2 unspecified atom stereocenters. The zero-order valence-electron chi connectivity index (χ0n) is 11.0. The van der Waals surface area contributed by atoms with Crippen molar-refractivity contribution in [3.8, 4) is 0 Å². The summed E-state index contributed by atoms with van der Waals surface area (Å²) < 4.78 is 0. The van der Waals surface area contributed by atoms with E-state index in [0.29, 0.717) is 28.2 Å². The highest BCUT2D eigenvalue weighted by atomic mass is 35.5. The number of anilines is 1. The summed E-state index contributed by atoms with van der Waals surface area (Å²) in [6, 6.07) is 4.21. The van der Waals surface area contributed by atoms with E-state index in [-0.39, 0.29) is 18.0 Å². The average molecular weight is 313 g/mol. The van der Waals surface area contributed by atoms with Crippen LogP contribution in [0, 0.1) is 5.92 Å². The molecule has 2 saturated heterocycles. The van der Waals surface area contributed by atoms with Gasteiger partial charge in [-0.15, -0.1) is 0 Å². The van der Waals surface area contributed by atoms with Gasteiger partial charge in [0.1, 0.15) is 6.04 Å². The van der Waals surface area contributed by atoms with E-state index in [2.05, 4.69) is 6.92 Å². The van der Waals surface area contributed by atoms with Crippen LogP contribution in [0.5, 0.6) is 0 Å². The molecule has 0 bridgehead atoms. The number of halogens is 2. The summed E-state index contributed by atoms with van der Waals surface area (Å²) in [5.74, 6) is 0.293. The third-order valence-electron chi connectivity index (χ3n) is 3.97. The van der Waals surface area contributed by atoms with E-state index in [1.54, 1.807) is 23.1 Å². The van der Waals surface area contributed by atoms with Gasteiger partial charge in [-0.05, 0) is 37.0 Å². The lowest BCUT2D eigenvalue weighted by Crippen LogP contribution is -2.41. The van der Waals surface area contributed by atoms with Crippen molar-refractivity contribution in [2.75, 3.05) is 11.4 Å². The topological polar surface area (TPSA) is 40.6 Å². The third-order valence-corrected chi connectivity index (χ3v) is 4.71. The predicted molar refractivity (Wildman–Crippen MR) is 78.2 cm³/mol. The molecule has 2 fully saturated rings. The van der Waals surface area contributed by atoms with Gasteiger partial charge in [-0.1, -0.05) is 30.1 Å². The van der Waals surface area contributed by atoms with Gasteiger partial charge in [0, 0.05) is 6.54 Å². The fourth-order valence-corrected chi connectivity index (χ4v) is 3.13. The molecule has 1 aromatic carbocycles. The summed E-state index contributed by atoms with van der Waals surface area (Å²) in [6.45, 7) is 2.74. The van der Waals surface area contributed by atoms with Crippen molar-refractivity contribution >= 4 is 40.8 Å². The number of nitrogens with zero attached hydrogens (tertiary/aromatic N) is 2. The Morgan fingerprint density at radius 1 is 1.20 bits per heavy atom. The Morgan fingerprint density at radius 3 is 2.65 bits per heavy atom. The number of amides is 3. The third kappa shape index (κ3) is 2.07. The van der Waals surface area contributed by atoms with Gasteiger partial charge in [-0.3, -0.25) is 4.79 Å². The summed E-state index contributed by atoms with van der Waals surface area (Å²) in [6.07, 6.45) is 1.66. The molecule has 20 heavy (non-hydrogen) atoms. The summed E-state index contributed by atoms with van der Waals surface area (Å²) in [5.41, 5.74) is 0.483. The average Bonchev–Trinajstić information content (AvgIpc) is 2.65. The Hall–Kier alpha value is -1.26. The minimum atomic E-state index is -0.333. The molecule has 0 aliphatic carbocycles. The van der Waals surface area contributed by atoms with Crippen LogP contribution in [0.2, 0.25) is 10.0 Å². The Kier molecular flexibility index (Phi) is 3.38. The summed E-state index contributed by atoms with van der Waals surface area (Å²) in [5, 5.41) is 0.740. The molecule has 0 aromatic heterocycles. The zero-order chi connectivity index (χ0) is 14.4. The van der Waals surface area contributed by atoms with E-state index in [1.807, 2.05) is 0 Å². The second-order valence-electron chi connectivity index (χ2n) is 5.39. The van der Waals surface area contributed by atoms with Gasteiger partial charge in [-0.2, -0.15) is 0 Å². The van der Waals surface area contributed by atoms with Crippen LogP contribution in [-0.2, 0) is 4.79 Å². The van der Waals surface area contributed by atoms with Crippen LogP contribution in [0.4, 0.5) is 10.5 Å². The van der Waals surface area contributed by atoms with Crippen molar-refractivity contribution in [2.45, 2.75) is 25.8 Å². The number of hydrogen-bond donors (Lipinski definition) is 0. The molecule has 0 radical (unpaired) electrons. The molecule has 2 aliphatic rings. The zero-order valence-corrected chi connectivity index (χ0v) is 12.5. The monoisotopic (exact) mass is 312 g/mol. The molecule has 106 valence electrons. The van der Waals surface area contributed by atoms with Crippen LogP contribution in [0.25, 0.3) is 0 Å². The second-order valence-corrected chi connectivity index (χ2v) is 6.21. The normalized spacial score (nSPS) is 26.1. The Morgan fingerprint density at radius 2 is 1.95 bits per heavy atom. The van der Waals surface area contributed by atoms with Crippen LogP contribution in [0.3, 0.4) is 0 Å². The molecule has 1 aromatic rings. The fourth-order valence-electron chi connectivity index (χ4n) is 2.84. The summed E-state index contributed by atoms with van der Waals surface area (Å²) in [4.78, 5) is 27.8. The minimum Gasteiger partial charge on any atom is -0.312 e. The van der Waals surface area contributed by atoms with Crippen LogP contribution in [0.15, 0.2) is 18.2 Å². The lowest BCUT2D eigenvalue weighted by atomic mass is 9.93. The van der Waals surface area contributed by atoms with Gasteiger partial charge in [0.2, 0.25) is 0 Å². The molecule has 2 heterocycles. The van der Waals surface area contributed by atoms with Gasteiger partial charge in [0.25, 0.3) is 5.91 Å². The fraction of sp³-hybridized carbons (Fsp3) is 0.429. The first-order chi connectivity index (χ1) is 9.49. The van der Waals surface area contributed by atoms with Crippen molar-refractivity contribution in [1.29, 1.82) is 0 Å². The molecule has 0 spiro atoms. The number of benzene rings is 1. The van der Waals surface area contributed by atoms with Crippen molar-refractivity contribution in [2.24, 2.45) is 5.92 Å². The van der Waals surface area contributed by atoms with Gasteiger partial charge < -0.3 is 4.90 Å². The van der Waals surface area contributed by atoms with Gasteiger partial charge in [0.05, 0.1) is 15.7 Å². The lowest BCUT2D eigenvalue weighted by molar-refractivity contribution is -0.120. The standard InChI is InChI=1S/C14H14Cl2N2O2/c1-8-4-5-17-12(6-8)13(19)18(14(17)20)9-2-3-10(15)11(16)7-9/h2-3,7-8,12H,4-6H2,1H3. The number of piperidine rings is 1. The highest BCUT2D eigenvalue weighted by Gasteiger charge is 2.47. The number of carbonyl (C=O) groups is 2. The molecule has 3 amide bonds. The van der Waals surface area contributed by atoms with Crippen molar-refractivity contribution < 1.29 is 9.59 Å². The quantitative estimate of drug-likeness (QED) is 0.744. The van der Waals surface area contributed by atoms with Crippen LogP contribution >= 0.6 is 23.2 Å². The molecule has 4 nitrogen and oxygen atoms in total. The highest BCUT2D eigenvalue weighted by Crippen LogP contribution is 2.35. The maximum Gasteiger partial charge on any atom is 0.332 e. The first kappa shape index (κ1) is 13.7. The SMILES string of the molecule is CC1CCN2C(=O)N(c3ccc(Cl)c(Cl)c3)C(=O)C2C1. The molecule has 3 rings (SSSR count). The Balaban J connectivity index is 1.96. The Bertz CT molecular complexity index is 591. The summed E-state index contributed by atoms with van der Waals surface area (Å²) >= 11 is 11.8. The number of hydrogen-bond acceptors (Lipinski definition) is 2. The van der Waals surface area contributed by atoms with E-state index in [9.17, 15) is 9.59 Å². The molecular weight excluding hydrogens is 299 g/mol. The van der Waals surface area contributed by atoms with Crippen LogP contribution in [0.1, 0.15) is 19.8 Å². The number of urea groups is 1. The number of fused-ring (bicyclic) bond motifs is 1. The number of imide groups is 1. The van der Waals surface area contributed by atoms with Gasteiger partial charge in [-0.25, -0.2) is 9.69 Å². The van der Waals surface area contributed by atoms with Crippen molar-refractivity contribution in [1.82, 2.24) is 4.90 Å². The molecule has 0 saturated carbocycles. The number of carbonyl (C=O) groups excluding carboxylic acids is 2. The van der Waals surface area contributed by atoms with Crippen LogP contribution < -0.4 is 4.90 Å². The minimum absolute atomic E-state index is 0.167.